The largest absolute Gasteiger partial charge is 0.339 e. The number of nitrogens with zero attached hydrogens (tertiary/aromatic N) is 4. The molecule has 0 radical (unpaired) electrons. The van der Waals surface area contributed by atoms with Crippen molar-refractivity contribution in [3.8, 4) is 0 Å². The van der Waals surface area contributed by atoms with E-state index in [4.69, 9.17) is 0 Å². The average molecular weight is 464 g/mol. The molecule has 3 aromatic rings. The topological polar surface area (TPSA) is 88.1 Å². The normalized spacial score (nSPS) is 20.2. The van der Waals surface area contributed by atoms with E-state index in [0.29, 0.717) is 23.1 Å². The fourth-order valence-corrected chi connectivity index (χ4v) is 4.90. The average Bonchev–Trinajstić information content (AvgIpc) is 3.14. The number of carbonyl (C=O) groups is 2. The monoisotopic (exact) mass is 463 g/mol. The number of hydrogen-bond donors (Lipinski definition) is 1. The van der Waals surface area contributed by atoms with E-state index in [9.17, 15) is 14.0 Å². The molecule has 2 aliphatic rings. The maximum Gasteiger partial charge on any atom is 0.225 e. The Morgan fingerprint density at radius 2 is 2.09 bits per heavy atom. The van der Waals surface area contributed by atoms with Crippen molar-refractivity contribution in [2.75, 3.05) is 18.0 Å². The summed E-state index contributed by atoms with van der Waals surface area (Å²) in [6.07, 6.45) is 5.34. The van der Waals surface area contributed by atoms with E-state index in [1.54, 1.807) is 24.4 Å². The molecular formula is C24H22FN5O2S. The summed E-state index contributed by atoms with van der Waals surface area (Å²) in [6, 6.07) is 10.4. The highest BCUT2D eigenvalue weighted by atomic mass is 32.2. The van der Waals surface area contributed by atoms with Gasteiger partial charge in [0.25, 0.3) is 0 Å². The fourth-order valence-electron chi connectivity index (χ4n) is 4.08. The minimum Gasteiger partial charge on any atom is -0.339 e. The number of allylic oxidation sites excluding steroid dienone is 1. The van der Waals surface area contributed by atoms with Crippen molar-refractivity contribution >= 4 is 45.6 Å². The Bertz CT molecular complexity index is 1260. The maximum atomic E-state index is 13.4. The first-order chi connectivity index (χ1) is 16.0. The second kappa shape index (κ2) is 9.36. The van der Waals surface area contributed by atoms with E-state index in [1.165, 1.54) is 12.1 Å². The molecule has 0 spiro atoms. The number of Topliss-reactive ketones (excluding diaryl/α,β-unsaturated/α-hetero) is 1. The Morgan fingerprint density at radius 3 is 2.94 bits per heavy atom. The number of nitrogens with one attached hydrogen (secondary N) is 1. The van der Waals surface area contributed by atoms with Gasteiger partial charge in [0.15, 0.2) is 5.78 Å². The molecule has 2 fully saturated rings. The molecule has 1 N–H and O–H groups in total. The molecule has 5 rings (SSSR count). The minimum atomic E-state index is -0.262. The number of fused-ring (bicyclic) bond motifs is 1. The number of thioether (sulfide) groups is 1. The number of ketones is 1. The van der Waals surface area contributed by atoms with Crippen LogP contribution in [-0.4, -0.2) is 45.0 Å². The van der Waals surface area contributed by atoms with E-state index >= 15 is 0 Å². The van der Waals surface area contributed by atoms with Gasteiger partial charge in [-0.25, -0.2) is 14.4 Å². The van der Waals surface area contributed by atoms with E-state index in [0.717, 1.165) is 54.3 Å². The Labute approximate surface area is 194 Å². The van der Waals surface area contributed by atoms with E-state index < -0.39 is 0 Å². The third-order valence-corrected chi connectivity index (χ3v) is 6.67. The van der Waals surface area contributed by atoms with E-state index in [-0.39, 0.29) is 29.2 Å². The summed E-state index contributed by atoms with van der Waals surface area (Å²) in [7, 11) is 0. The molecule has 0 aliphatic carbocycles. The molecule has 7 nitrogen and oxygen atoms in total. The molecule has 168 valence electrons. The molecule has 33 heavy (non-hydrogen) atoms. The van der Waals surface area contributed by atoms with Crippen LogP contribution in [0.1, 0.15) is 30.7 Å². The molecule has 0 unspecified atom stereocenters. The van der Waals surface area contributed by atoms with Crippen LogP contribution >= 0.6 is 11.8 Å². The van der Waals surface area contributed by atoms with Gasteiger partial charge in [-0.05, 0) is 61.0 Å². The quantitative estimate of drug-likeness (QED) is 0.454. The third kappa shape index (κ3) is 5.09. The highest BCUT2D eigenvalue weighted by molar-refractivity contribution is 8.18. The van der Waals surface area contributed by atoms with Crippen molar-refractivity contribution in [1.82, 2.24) is 20.3 Å². The number of rotatable bonds is 5. The second-order valence-electron chi connectivity index (χ2n) is 8.17. The number of carbonyl (C=O) groups excluding carboxylic acids is 2. The number of pyridine rings is 1. The standard InChI is InChI=1S/C24H22FN5O2S/c25-16-4-6-20-15(10-16)3-5-18(28-20)13-27-19-2-1-9-30(14-19)24-26-8-7-17(29-24)11-22-21(31)12-23(32)33-22/h3-8,10-11,19,27H,1-2,9,12-14H2/b22-11-/t19-/m1/s1. The molecule has 9 heteroatoms. The van der Waals surface area contributed by atoms with Gasteiger partial charge < -0.3 is 10.2 Å². The van der Waals surface area contributed by atoms with Crippen LogP contribution in [-0.2, 0) is 16.1 Å². The van der Waals surface area contributed by atoms with Crippen molar-refractivity contribution in [3.63, 3.8) is 0 Å². The molecule has 2 aliphatic heterocycles. The summed E-state index contributed by atoms with van der Waals surface area (Å²) >= 11 is 0.980. The molecular weight excluding hydrogens is 441 g/mol. The Morgan fingerprint density at radius 1 is 1.18 bits per heavy atom. The zero-order chi connectivity index (χ0) is 22.8. The molecule has 1 atom stereocenters. The van der Waals surface area contributed by atoms with Crippen molar-refractivity contribution in [3.05, 3.63) is 64.7 Å². The molecule has 0 bridgehead atoms. The lowest BCUT2D eigenvalue weighted by atomic mass is 10.1. The van der Waals surface area contributed by atoms with Crippen molar-refractivity contribution < 1.29 is 14.0 Å². The fraction of sp³-hybridized carbons (Fsp3) is 0.292. The molecule has 4 heterocycles. The van der Waals surface area contributed by atoms with Gasteiger partial charge in [-0.15, -0.1) is 0 Å². The Kier molecular flexibility index (Phi) is 6.15. The van der Waals surface area contributed by atoms with Gasteiger partial charge in [0.05, 0.1) is 28.2 Å². The molecule has 0 amide bonds. The van der Waals surface area contributed by atoms with Crippen LogP contribution in [0.25, 0.3) is 17.0 Å². The van der Waals surface area contributed by atoms with Crippen LogP contribution < -0.4 is 10.2 Å². The Balaban J connectivity index is 1.24. The van der Waals surface area contributed by atoms with Crippen molar-refractivity contribution in [1.29, 1.82) is 0 Å². The van der Waals surface area contributed by atoms with Crippen LogP contribution in [0.3, 0.4) is 0 Å². The summed E-state index contributed by atoms with van der Waals surface area (Å²) in [5.41, 5.74) is 2.31. The number of piperidine rings is 1. The summed E-state index contributed by atoms with van der Waals surface area (Å²) in [6.45, 7) is 2.22. The molecule has 2 saturated heterocycles. The van der Waals surface area contributed by atoms with Crippen LogP contribution in [0.2, 0.25) is 0 Å². The Hall–Kier alpha value is -3.17. The summed E-state index contributed by atoms with van der Waals surface area (Å²) in [4.78, 5) is 39.6. The first kappa shape index (κ1) is 21.7. The molecule has 1 aromatic carbocycles. The van der Waals surface area contributed by atoms with Gasteiger partial charge in [0.2, 0.25) is 11.1 Å². The van der Waals surface area contributed by atoms with Gasteiger partial charge in [-0.1, -0.05) is 6.07 Å². The lowest BCUT2D eigenvalue weighted by Gasteiger charge is -2.33. The zero-order valence-corrected chi connectivity index (χ0v) is 18.6. The van der Waals surface area contributed by atoms with Gasteiger partial charge in [-0.3, -0.25) is 14.6 Å². The predicted octanol–water partition coefficient (Wildman–Crippen LogP) is 3.50. The number of anilines is 1. The maximum absolute atomic E-state index is 13.4. The summed E-state index contributed by atoms with van der Waals surface area (Å²) < 4.78 is 13.4. The van der Waals surface area contributed by atoms with Crippen LogP contribution in [0, 0.1) is 5.82 Å². The van der Waals surface area contributed by atoms with E-state index in [2.05, 4.69) is 25.2 Å². The van der Waals surface area contributed by atoms with Crippen LogP contribution in [0.4, 0.5) is 10.3 Å². The van der Waals surface area contributed by atoms with Crippen molar-refractivity contribution in [2.24, 2.45) is 0 Å². The second-order valence-corrected chi connectivity index (χ2v) is 9.27. The zero-order valence-electron chi connectivity index (χ0n) is 17.8. The number of benzene rings is 1. The highest BCUT2D eigenvalue weighted by Crippen LogP contribution is 2.30. The number of hydrogen-bond acceptors (Lipinski definition) is 8. The SMILES string of the molecule is O=C1CC(=O)/C(=C/c2ccnc(N3CCC[C@@H](NCc4ccc5cc(F)ccc5n4)C3)n2)S1. The van der Waals surface area contributed by atoms with Gasteiger partial charge in [-0.2, -0.15) is 0 Å². The van der Waals surface area contributed by atoms with Gasteiger partial charge >= 0.3 is 0 Å². The van der Waals surface area contributed by atoms with Gasteiger partial charge in [0, 0.05) is 37.3 Å². The summed E-state index contributed by atoms with van der Waals surface area (Å²) in [5, 5.41) is 4.23. The van der Waals surface area contributed by atoms with Crippen LogP contribution in [0.15, 0.2) is 47.5 Å². The number of halogens is 1. The number of aromatic nitrogens is 3. The lowest BCUT2D eigenvalue weighted by Crippen LogP contribution is -2.46. The highest BCUT2D eigenvalue weighted by Gasteiger charge is 2.26. The smallest absolute Gasteiger partial charge is 0.225 e. The first-order valence-corrected chi connectivity index (χ1v) is 11.7. The predicted molar refractivity (Wildman–Crippen MR) is 126 cm³/mol. The third-order valence-electron chi connectivity index (χ3n) is 5.73. The lowest BCUT2D eigenvalue weighted by molar-refractivity contribution is -0.119. The molecule has 0 saturated carbocycles. The first-order valence-electron chi connectivity index (χ1n) is 10.9. The summed E-state index contributed by atoms with van der Waals surface area (Å²) in [5.74, 6) is 0.199. The van der Waals surface area contributed by atoms with Gasteiger partial charge in [0.1, 0.15) is 5.82 Å². The van der Waals surface area contributed by atoms with E-state index in [1.807, 2.05) is 12.1 Å². The van der Waals surface area contributed by atoms with Crippen molar-refractivity contribution in [2.45, 2.75) is 31.8 Å². The van der Waals surface area contributed by atoms with Crippen LogP contribution in [0.5, 0.6) is 0 Å². The minimum absolute atomic E-state index is 0.0448. The molecule has 2 aromatic heterocycles.